The van der Waals surface area contributed by atoms with E-state index in [4.69, 9.17) is 11.6 Å². The summed E-state index contributed by atoms with van der Waals surface area (Å²) >= 11 is 6.12. The molecule has 0 fully saturated rings. The lowest BCUT2D eigenvalue weighted by molar-refractivity contribution is 0.560. The van der Waals surface area contributed by atoms with E-state index < -0.39 is 0 Å². The molecule has 1 atom stereocenters. The molecule has 1 aromatic carbocycles. The fraction of sp³-hybridized carbons (Fsp3) is 0.357. The molecule has 1 N–H and O–H groups in total. The van der Waals surface area contributed by atoms with Crippen molar-refractivity contribution in [3.8, 4) is 0 Å². The van der Waals surface area contributed by atoms with Gasteiger partial charge in [0.25, 0.3) is 0 Å². The van der Waals surface area contributed by atoms with E-state index in [0.717, 1.165) is 21.6 Å². The Morgan fingerprint density at radius 3 is 2.71 bits per heavy atom. The summed E-state index contributed by atoms with van der Waals surface area (Å²) in [4.78, 5) is 4.41. The van der Waals surface area contributed by atoms with E-state index in [2.05, 4.69) is 31.1 Å². The summed E-state index contributed by atoms with van der Waals surface area (Å²) in [6, 6.07) is 8.22. The van der Waals surface area contributed by atoms with Crippen LogP contribution < -0.4 is 5.32 Å². The Kier molecular flexibility index (Phi) is 3.53. The van der Waals surface area contributed by atoms with E-state index in [1.54, 1.807) is 0 Å². The lowest BCUT2D eigenvalue weighted by Gasteiger charge is -2.19. The smallest absolute Gasteiger partial charge is 0.0934 e. The van der Waals surface area contributed by atoms with Gasteiger partial charge in [0, 0.05) is 22.6 Å². The molecule has 1 heterocycles. The van der Waals surface area contributed by atoms with Gasteiger partial charge in [-0.15, -0.1) is 0 Å². The molecule has 2 rings (SSSR count). The lowest BCUT2D eigenvalue weighted by atomic mass is 10.1. The van der Waals surface area contributed by atoms with Gasteiger partial charge in [0.05, 0.1) is 11.2 Å². The van der Waals surface area contributed by atoms with Crippen LogP contribution in [0.1, 0.15) is 20.8 Å². The predicted molar refractivity (Wildman–Crippen MR) is 74.7 cm³/mol. The first-order valence-corrected chi connectivity index (χ1v) is 6.26. The van der Waals surface area contributed by atoms with Crippen LogP contribution in [0.25, 0.3) is 10.9 Å². The minimum Gasteiger partial charge on any atom is -0.381 e. The Labute approximate surface area is 107 Å². The van der Waals surface area contributed by atoms with Crippen LogP contribution in [0.2, 0.25) is 5.02 Å². The van der Waals surface area contributed by atoms with E-state index in [1.165, 1.54) is 0 Å². The van der Waals surface area contributed by atoms with Gasteiger partial charge in [0.1, 0.15) is 0 Å². The predicted octanol–water partition coefficient (Wildman–Crippen LogP) is 4.34. The maximum Gasteiger partial charge on any atom is 0.0934 e. The summed E-state index contributed by atoms with van der Waals surface area (Å²) in [6.07, 6.45) is 1.81. The minimum atomic E-state index is 0.388. The molecule has 0 aliphatic rings. The van der Waals surface area contributed by atoms with Gasteiger partial charge in [-0.1, -0.05) is 31.5 Å². The van der Waals surface area contributed by atoms with Gasteiger partial charge in [-0.3, -0.25) is 4.98 Å². The molecule has 0 bridgehead atoms. The van der Waals surface area contributed by atoms with Crippen molar-refractivity contribution in [2.24, 2.45) is 5.92 Å². The number of fused-ring (bicyclic) bond motifs is 1. The number of benzene rings is 1. The highest BCUT2D eigenvalue weighted by atomic mass is 35.5. The highest BCUT2D eigenvalue weighted by Gasteiger charge is 2.10. The van der Waals surface area contributed by atoms with Crippen LogP contribution in [-0.4, -0.2) is 11.0 Å². The second-order valence-electron chi connectivity index (χ2n) is 4.71. The molecule has 2 nitrogen and oxygen atoms in total. The van der Waals surface area contributed by atoms with E-state index in [9.17, 15) is 0 Å². The third kappa shape index (κ3) is 2.70. The molecule has 17 heavy (non-hydrogen) atoms. The first kappa shape index (κ1) is 12.2. The normalized spacial score (nSPS) is 13.0. The Hall–Kier alpha value is -1.28. The number of aromatic nitrogens is 1. The van der Waals surface area contributed by atoms with Crippen molar-refractivity contribution >= 4 is 28.2 Å². The van der Waals surface area contributed by atoms with E-state index in [0.29, 0.717) is 12.0 Å². The molecule has 90 valence electrons. The van der Waals surface area contributed by atoms with E-state index in [1.807, 2.05) is 30.5 Å². The number of nitrogens with zero attached hydrogens (tertiary/aromatic N) is 1. The van der Waals surface area contributed by atoms with Gasteiger partial charge in [-0.05, 0) is 31.0 Å². The Balaban J connectivity index is 2.45. The Morgan fingerprint density at radius 2 is 2.00 bits per heavy atom. The Morgan fingerprint density at radius 1 is 1.24 bits per heavy atom. The van der Waals surface area contributed by atoms with Crippen molar-refractivity contribution in [1.82, 2.24) is 4.98 Å². The first-order chi connectivity index (χ1) is 8.08. The second kappa shape index (κ2) is 4.92. The summed E-state index contributed by atoms with van der Waals surface area (Å²) in [5.41, 5.74) is 1.98. The van der Waals surface area contributed by atoms with Crippen LogP contribution in [0.15, 0.2) is 30.5 Å². The standard InChI is InChI=1S/C14H17ClN2/c1-9(2)10(3)17-13-8-12(15)7-11-5-4-6-16-14(11)13/h4-10,17H,1-3H3. The highest BCUT2D eigenvalue weighted by molar-refractivity contribution is 6.31. The highest BCUT2D eigenvalue weighted by Crippen LogP contribution is 2.27. The Bertz CT molecular complexity index is 523. The average molecular weight is 249 g/mol. The first-order valence-electron chi connectivity index (χ1n) is 5.88. The van der Waals surface area contributed by atoms with Crippen LogP contribution in [0, 0.1) is 5.92 Å². The van der Waals surface area contributed by atoms with Crippen LogP contribution in [0.5, 0.6) is 0 Å². The number of hydrogen-bond acceptors (Lipinski definition) is 2. The third-order valence-corrected chi connectivity index (χ3v) is 3.27. The zero-order valence-electron chi connectivity index (χ0n) is 10.4. The molecule has 0 saturated carbocycles. The molecule has 0 saturated heterocycles. The monoisotopic (exact) mass is 248 g/mol. The largest absolute Gasteiger partial charge is 0.381 e. The van der Waals surface area contributed by atoms with Crippen LogP contribution in [0.4, 0.5) is 5.69 Å². The number of pyridine rings is 1. The van der Waals surface area contributed by atoms with E-state index in [-0.39, 0.29) is 0 Å². The van der Waals surface area contributed by atoms with Gasteiger partial charge < -0.3 is 5.32 Å². The number of nitrogens with one attached hydrogen (secondary N) is 1. The van der Waals surface area contributed by atoms with Crippen molar-refractivity contribution in [1.29, 1.82) is 0 Å². The SMILES string of the molecule is CC(C)C(C)Nc1cc(Cl)cc2cccnc12. The van der Waals surface area contributed by atoms with Crippen molar-refractivity contribution in [2.45, 2.75) is 26.8 Å². The zero-order chi connectivity index (χ0) is 12.4. The second-order valence-corrected chi connectivity index (χ2v) is 5.14. The van der Waals surface area contributed by atoms with Crippen molar-refractivity contribution < 1.29 is 0 Å². The molecule has 2 aromatic rings. The molecule has 1 aromatic heterocycles. The lowest BCUT2D eigenvalue weighted by Crippen LogP contribution is -2.21. The summed E-state index contributed by atoms with van der Waals surface area (Å²) in [7, 11) is 0. The molecular weight excluding hydrogens is 232 g/mol. The minimum absolute atomic E-state index is 0.388. The third-order valence-electron chi connectivity index (χ3n) is 3.05. The maximum atomic E-state index is 6.12. The van der Waals surface area contributed by atoms with Gasteiger partial charge >= 0.3 is 0 Å². The molecule has 0 spiro atoms. The van der Waals surface area contributed by atoms with Crippen LogP contribution in [0.3, 0.4) is 0 Å². The van der Waals surface area contributed by atoms with Crippen molar-refractivity contribution in [2.75, 3.05) is 5.32 Å². The van der Waals surface area contributed by atoms with E-state index >= 15 is 0 Å². The zero-order valence-corrected chi connectivity index (χ0v) is 11.1. The van der Waals surface area contributed by atoms with Crippen LogP contribution >= 0.6 is 11.6 Å². The summed E-state index contributed by atoms with van der Waals surface area (Å²) in [6.45, 7) is 6.55. The molecule has 0 aliphatic heterocycles. The molecule has 3 heteroatoms. The maximum absolute atomic E-state index is 6.12. The molecule has 0 aliphatic carbocycles. The van der Waals surface area contributed by atoms with Gasteiger partial charge in [0.15, 0.2) is 0 Å². The van der Waals surface area contributed by atoms with Gasteiger partial charge in [0.2, 0.25) is 0 Å². The number of rotatable bonds is 3. The molecular formula is C14H17ClN2. The molecule has 0 radical (unpaired) electrons. The number of anilines is 1. The molecule has 1 unspecified atom stereocenters. The fourth-order valence-electron chi connectivity index (χ4n) is 1.68. The quantitative estimate of drug-likeness (QED) is 0.874. The van der Waals surface area contributed by atoms with Crippen molar-refractivity contribution in [3.63, 3.8) is 0 Å². The number of hydrogen-bond donors (Lipinski definition) is 1. The summed E-state index contributed by atoms with van der Waals surface area (Å²) in [5, 5.41) is 5.29. The van der Waals surface area contributed by atoms with Gasteiger partial charge in [-0.2, -0.15) is 0 Å². The average Bonchev–Trinajstić information content (AvgIpc) is 2.28. The van der Waals surface area contributed by atoms with Gasteiger partial charge in [-0.25, -0.2) is 0 Å². The summed E-state index contributed by atoms with van der Waals surface area (Å²) in [5.74, 6) is 0.563. The fourth-order valence-corrected chi connectivity index (χ4v) is 1.90. The number of halogens is 1. The molecule has 0 amide bonds. The summed E-state index contributed by atoms with van der Waals surface area (Å²) < 4.78 is 0. The van der Waals surface area contributed by atoms with Crippen molar-refractivity contribution in [3.05, 3.63) is 35.5 Å². The van der Waals surface area contributed by atoms with Crippen LogP contribution in [-0.2, 0) is 0 Å². The topological polar surface area (TPSA) is 24.9 Å².